The quantitative estimate of drug-likeness (QED) is 0.422. The van der Waals surface area contributed by atoms with Gasteiger partial charge in [0.1, 0.15) is 24.3 Å². The van der Waals surface area contributed by atoms with Crippen LogP contribution in [0.5, 0.6) is 5.75 Å². The van der Waals surface area contributed by atoms with Gasteiger partial charge in [-0.25, -0.2) is 9.37 Å². The molecule has 3 aromatic rings. The fraction of sp³-hybridized carbons (Fsp3) is 0.462. The Bertz CT molecular complexity index is 1230. The van der Waals surface area contributed by atoms with Crippen LogP contribution in [-0.4, -0.2) is 89.0 Å². The van der Waals surface area contributed by atoms with Crippen molar-refractivity contribution < 1.29 is 24.1 Å². The number of nitrogens with one attached hydrogen (secondary N) is 1. The molecule has 1 aliphatic carbocycles. The summed E-state index contributed by atoms with van der Waals surface area (Å²) in [4.78, 5) is 21.3. The Morgan fingerprint density at radius 1 is 1.25 bits per heavy atom. The Kier molecular flexibility index (Phi) is 7.49. The maximum absolute atomic E-state index is 14.0. The molecule has 8 nitrogen and oxygen atoms in total. The van der Waals surface area contributed by atoms with Crippen LogP contribution in [0.4, 0.5) is 4.39 Å². The lowest BCUT2D eigenvalue weighted by atomic mass is 10.1. The molecule has 1 amide bonds. The van der Waals surface area contributed by atoms with Gasteiger partial charge in [0.05, 0.1) is 33.9 Å². The molecule has 3 N–H and O–H groups in total. The number of aliphatic hydroxyl groups excluding tert-OH is 2. The number of amides is 1. The number of piperazine rings is 1. The number of hydrogen-bond acceptors (Lipinski definition) is 8. The molecule has 1 aliphatic heterocycles. The van der Waals surface area contributed by atoms with Gasteiger partial charge in [-0.2, -0.15) is 0 Å². The van der Waals surface area contributed by atoms with Crippen LogP contribution in [0.2, 0.25) is 0 Å². The van der Waals surface area contributed by atoms with Crippen molar-refractivity contribution in [2.75, 3.05) is 45.9 Å². The number of fused-ring (bicyclic) bond motifs is 2. The highest BCUT2D eigenvalue weighted by atomic mass is 32.1. The van der Waals surface area contributed by atoms with Gasteiger partial charge in [0.25, 0.3) is 0 Å². The summed E-state index contributed by atoms with van der Waals surface area (Å²) >= 11 is 1.64. The van der Waals surface area contributed by atoms with E-state index in [-0.39, 0.29) is 31.3 Å². The molecule has 5 rings (SSSR count). The Balaban J connectivity index is 1.04. The van der Waals surface area contributed by atoms with Crippen molar-refractivity contribution in [3.63, 3.8) is 0 Å². The molecule has 3 atom stereocenters. The first-order chi connectivity index (χ1) is 17.4. The summed E-state index contributed by atoms with van der Waals surface area (Å²) in [7, 11) is 0. The first kappa shape index (κ1) is 25.0. The molecule has 0 spiro atoms. The third kappa shape index (κ3) is 5.68. The van der Waals surface area contributed by atoms with Crippen molar-refractivity contribution in [3.05, 3.63) is 58.3 Å². The number of rotatable bonds is 8. The number of nitrogens with zero attached hydrogens (tertiary/aromatic N) is 3. The predicted molar refractivity (Wildman–Crippen MR) is 136 cm³/mol. The summed E-state index contributed by atoms with van der Waals surface area (Å²) in [6.07, 6.45) is -1.25. The molecule has 0 unspecified atom stereocenters. The second-order valence-corrected chi connectivity index (χ2v) is 10.8. The van der Waals surface area contributed by atoms with Crippen molar-refractivity contribution in [3.8, 4) is 5.75 Å². The second kappa shape index (κ2) is 10.8. The van der Waals surface area contributed by atoms with Gasteiger partial charge in [0.15, 0.2) is 0 Å². The van der Waals surface area contributed by atoms with E-state index in [1.54, 1.807) is 23.5 Å². The number of halogens is 1. The fourth-order valence-corrected chi connectivity index (χ4v) is 5.81. The van der Waals surface area contributed by atoms with Crippen molar-refractivity contribution in [2.45, 2.75) is 31.6 Å². The minimum Gasteiger partial charge on any atom is -0.491 e. The summed E-state index contributed by atoms with van der Waals surface area (Å²) in [6.45, 7) is 5.73. The van der Waals surface area contributed by atoms with Crippen LogP contribution in [0.3, 0.4) is 0 Å². The van der Waals surface area contributed by atoms with Crippen molar-refractivity contribution >= 4 is 27.5 Å². The van der Waals surface area contributed by atoms with Gasteiger partial charge < -0.3 is 20.3 Å². The van der Waals surface area contributed by atoms with Crippen LogP contribution in [0.15, 0.2) is 36.4 Å². The molecule has 0 radical (unpaired) electrons. The third-order valence-corrected chi connectivity index (χ3v) is 7.77. The number of carbonyl (C=O) groups is 1. The largest absolute Gasteiger partial charge is 0.491 e. The smallest absolute Gasteiger partial charge is 0.234 e. The Hall–Kier alpha value is -2.63. The summed E-state index contributed by atoms with van der Waals surface area (Å²) in [5.41, 5.74) is 2.03. The summed E-state index contributed by atoms with van der Waals surface area (Å²) in [6, 6.07) is 9.93. The van der Waals surface area contributed by atoms with E-state index in [1.807, 2.05) is 30.0 Å². The molecule has 10 heteroatoms. The zero-order valence-electron chi connectivity index (χ0n) is 20.2. The number of aliphatic hydroxyl groups is 2. The average molecular weight is 515 g/mol. The topological polar surface area (TPSA) is 98.2 Å². The van der Waals surface area contributed by atoms with Crippen LogP contribution in [-0.2, 0) is 11.2 Å². The van der Waals surface area contributed by atoms with Crippen LogP contribution in [0.25, 0.3) is 10.2 Å². The van der Waals surface area contributed by atoms with E-state index in [4.69, 9.17) is 4.74 Å². The Morgan fingerprint density at radius 3 is 2.83 bits per heavy atom. The second-order valence-electron chi connectivity index (χ2n) is 9.53. The van der Waals surface area contributed by atoms with Gasteiger partial charge in [-0.05, 0) is 36.2 Å². The number of benzene rings is 2. The normalized spacial score (nSPS) is 21.4. The molecule has 0 saturated carbocycles. The lowest BCUT2D eigenvalue weighted by molar-refractivity contribution is -0.124. The standard InChI is InChI=1S/C26H31FN4O4S/c1-16-28-22-11-18(5-6-24(22)36-16)35-15-17(32)13-30-7-9-31(10-8-30)14-25(34)29-26-19-3-2-4-21(27)20(19)12-23(26)33/h2-6,11,17,23,26,32-33H,7-10,12-15H2,1H3,(H,29,34)/t17-,23-,26+/m1/s1. The fourth-order valence-electron chi connectivity index (χ4n) is 5.00. The van der Waals surface area contributed by atoms with E-state index in [2.05, 4.69) is 15.2 Å². The van der Waals surface area contributed by atoms with Gasteiger partial charge in [-0.1, -0.05) is 12.1 Å². The number of aryl methyl sites for hydroxylation is 1. The lowest BCUT2D eigenvalue weighted by Gasteiger charge is -2.35. The molecular weight excluding hydrogens is 483 g/mol. The monoisotopic (exact) mass is 514 g/mol. The van der Waals surface area contributed by atoms with Gasteiger partial charge in [0.2, 0.25) is 5.91 Å². The minimum absolute atomic E-state index is 0.190. The highest BCUT2D eigenvalue weighted by Gasteiger charge is 2.34. The van der Waals surface area contributed by atoms with Crippen molar-refractivity contribution in [2.24, 2.45) is 0 Å². The van der Waals surface area contributed by atoms with E-state index in [1.165, 1.54) is 6.07 Å². The molecule has 1 saturated heterocycles. The van der Waals surface area contributed by atoms with Crippen LogP contribution in [0.1, 0.15) is 22.2 Å². The molecular formula is C26H31FN4O4S. The summed E-state index contributed by atoms with van der Waals surface area (Å²) in [5.74, 6) is 0.161. The third-order valence-electron chi connectivity index (χ3n) is 6.81. The first-order valence-corrected chi connectivity index (χ1v) is 13.0. The molecule has 2 heterocycles. The van der Waals surface area contributed by atoms with Gasteiger partial charge in [-0.3, -0.25) is 14.6 Å². The van der Waals surface area contributed by atoms with Crippen molar-refractivity contribution in [1.82, 2.24) is 20.1 Å². The van der Waals surface area contributed by atoms with Gasteiger partial charge in [0, 0.05) is 45.2 Å². The molecule has 2 aromatic carbocycles. The molecule has 2 aliphatic rings. The highest BCUT2D eigenvalue weighted by Crippen LogP contribution is 2.33. The van der Waals surface area contributed by atoms with E-state index in [0.29, 0.717) is 36.5 Å². The van der Waals surface area contributed by atoms with E-state index >= 15 is 0 Å². The van der Waals surface area contributed by atoms with Crippen LogP contribution >= 0.6 is 11.3 Å². The number of hydrogen-bond donors (Lipinski definition) is 3. The maximum Gasteiger partial charge on any atom is 0.234 e. The predicted octanol–water partition coefficient (Wildman–Crippen LogP) is 1.88. The zero-order valence-corrected chi connectivity index (χ0v) is 21.0. The molecule has 0 bridgehead atoms. The van der Waals surface area contributed by atoms with E-state index in [0.717, 1.165) is 28.3 Å². The van der Waals surface area contributed by atoms with Crippen molar-refractivity contribution in [1.29, 1.82) is 0 Å². The number of ether oxygens (including phenoxy) is 1. The molecule has 36 heavy (non-hydrogen) atoms. The SMILES string of the molecule is Cc1nc2cc(OC[C@H](O)CN3CCN(CC(=O)N[C@H]4c5cccc(F)c5C[C@H]4O)CC3)ccc2s1. The Labute approximate surface area is 213 Å². The Morgan fingerprint density at radius 2 is 2.03 bits per heavy atom. The number of aromatic nitrogens is 1. The van der Waals surface area contributed by atoms with E-state index in [9.17, 15) is 19.4 Å². The molecule has 1 aromatic heterocycles. The summed E-state index contributed by atoms with van der Waals surface area (Å²) < 4.78 is 20.9. The number of β-amino-alcohol motifs (C(OH)–C–C–N with tert-alkyl or cyclic N) is 1. The highest BCUT2D eigenvalue weighted by molar-refractivity contribution is 7.18. The van der Waals surface area contributed by atoms with Crippen LogP contribution < -0.4 is 10.1 Å². The summed E-state index contributed by atoms with van der Waals surface area (Å²) in [5, 5.41) is 24.7. The van der Waals surface area contributed by atoms with Crippen LogP contribution in [0, 0.1) is 12.7 Å². The van der Waals surface area contributed by atoms with Gasteiger partial charge in [-0.15, -0.1) is 11.3 Å². The number of carbonyl (C=O) groups excluding carboxylic acids is 1. The number of thiazole rings is 1. The molecule has 192 valence electrons. The van der Waals surface area contributed by atoms with Gasteiger partial charge >= 0.3 is 0 Å². The first-order valence-electron chi connectivity index (χ1n) is 12.2. The average Bonchev–Trinajstić information content (AvgIpc) is 3.38. The maximum atomic E-state index is 14.0. The lowest BCUT2D eigenvalue weighted by Crippen LogP contribution is -2.51. The molecule has 1 fully saturated rings. The zero-order chi connectivity index (χ0) is 25.2. The van der Waals surface area contributed by atoms with E-state index < -0.39 is 18.2 Å². The minimum atomic E-state index is -0.825.